The van der Waals surface area contributed by atoms with Crippen molar-refractivity contribution in [2.75, 3.05) is 33.3 Å². The van der Waals surface area contributed by atoms with Crippen molar-refractivity contribution in [1.29, 1.82) is 0 Å². The van der Waals surface area contributed by atoms with E-state index in [0.29, 0.717) is 0 Å². The van der Waals surface area contributed by atoms with Crippen LogP contribution in [0.15, 0.2) is 22.7 Å². The summed E-state index contributed by atoms with van der Waals surface area (Å²) in [5.41, 5.74) is 1.31. The molecule has 0 bridgehead atoms. The average molecular weight is 285 g/mol. The molecule has 0 aliphatic carbocycles. The summed E-state index contributed by atoms with van der Waals surface area (Å²) in [6.07, 6.45) is 0. The third-order valence-corrected chi connectivity index (χ3v) is 3.49. The number of piperazine rings is 1. The maximum absolute atomic E-state index is 5.30. The summed E-state index contributed by atoms with van der Waals surface area (Å²) in [6, 6.07) is 6.30. The fourth-order valence-electron chi connectivity index (χ4n) is 1.93. The highest BCUT2D eigenvalue weighted by Crippen LogP contribution is 2.26. The molecule has 0 radical (unpaired) electrons. The Morgan fingerprint density at radius 3 is 2.81 bits per heavy atom. The van der Waals surface area contributed by atoms with Crippen LogP contribution in [0.3, 0.4) is 0 Å². The summed E-state index contributed by atoms with van der Waals surface area (Å²) >= 11 is 3.47. The Balaban J connectivity index is 2.03. The number of hydrogen-bond acceptors (Lipinski definition) is 3. The SMILES string of the molecule is COc1cc(CN2CCNCC2)ccc1Br. The van der Waals surface area contributed by atoms with Crippen LogP contribution in [0, 0.1) is 0 Å². The number of halogens is 1. The molecule has 0 amide bonds. The zero-order chi connectivity index (χ0) is 11.4. The first-order valence-corrected chi connectivity index (χ1v) is 6.34. The Morgan fingerprint density at radius 2 is 2.12 bits per heavy atom. The summed E-state index contributed by atoms with van der Waals surface area (Å²) < 4.78 is 6.31. The summed E-state index contributed by atoms with van der Waals surface area (Å²) in [5, 5.41) is 3.36. The molecule has 0 saturated carbocycles. The first-order chi connectivity index (χ1) is 7.79. The van der Waals surface area contributed by atoms with E-state index in [9.17, 15) is 0 Å². The van der Waals surface area contributed by atoms with Crippen molar-refractivity contribution >= 4 is 15.9 Å². The molecule has 1 aliphatic rings. The van der Waals surface area contributed by atoms with Gasteiger partial charge in [0.15, 0.2) is 0 Å². The van der Waals surface area contributed by atoms with E-state index in [4.69, 9.17) is 4.74 Å². The van der Waals surface area contributed by atoms with E-state index >= 15 is 0 Å². The molecule has 0 unspecified atom stereocenters. The number of nitrogens with zero attached hydrogens (tertiary/aromatic N) is 1. The molecule has 4 heteroatoms. The molecule has 1 heterocycles. The molecule has 1 N–H and O–H groups in total. The van der Waals surface area contributed by atoms with Crippen molar-refractivity contribution in [3.63, 3.8) is 0 Å². The van der Waals surface area contributed by atoms with Crippen molar-refractivity contribution in [1.82, 2.24) is 10.2 Å². The monoisotopic (exact) mass is 284 g/mol. The standard InChI is InChI=1S/C12H17BrN2O/c1-16-12-8-10(2-3-11(12)13)9-15-6-4-14-5-7-15/h2-3,8,14H,4-7,9H2,1H3. The minimum atomic E-state index is 0.910. The minimum absolute atomic E-state index is 0.910. The second-order valence-electron chi connectivity index (χ2n) is 4.00. The van der Waals surface area contributed by atoms with Gasteiger partial charge in [0.25, 0.3) is 0 Å². The van der Waals surface area contributed by atoms with Crippen molar-refractivity contribution in [3.8, 4) is 5.75 Å². The molecule has 0 spiro atoms. The van der Waals surface area contributed by atoms with Gasteiger partial charge < -0.3 is 10.1 Å². The summed E-state index contributed by atoms with van der Waals surface area (Å²) in [4.78, 5) is 2.46. The summed E-state index contributed by atoms with van der Waals surface area (Å²) in [5.74, 6) is 0.910. The smallest absolute Gasteiger partial charge is 0.133 e. The van der Waals surface area contributed by atoms with Crippen LogP contribution in [0.4, 0.5) is 0 Å². The van der Waals surface area contributed by atoms with Gasteiger partial charge in [0.2, 0.25) is 0 Å². The van der Waals surface area contributed by atoms with E-state index in [1.807, 2.05) is 0 Å². The van der Waals surface area contributed by atoms with E-state index in [1.165, 1.54) is 5.56 Å². The van der Waals surface area contributed by atoms with Crippen LogP contribution in [0.25, 0.3) is 0 Å². The molecule has 1 aromatic rings. The maximum Gasteiger partial charge on any atom is 0.133 e. The Morgan fingerprint density at radius 1 is 1.38 bits per heavy atom. The Labute approximate surface area is 105 Å². The van der Waals surface area contributed by atoms with Crippen molar-refractivity contribution < 1.29 is 4.74 Å². The van der Waals surface area contributed by atoms with Gasteiger partial charge in [-0.3, -0.25) is 4.90 Å². The lowest BCUT2D eigenvalue weighted by Crippen LogP contribution is -2.42. The average Bonchev–Trinajstić information content (AvgIpc) is 2.33. The van der Waals surface area contributed by atoms with Gasteiger partial charge in [0.1, 0.15) is 5.75 Å². The highest BCUT2D eigenvalue weighted by molar-refractivity contribution is 9.10. The topological polar surface area (TPSA) is 24.5 Å². The molecule has 1 aliphatic heterocycles. The fourth-order valence-corrected chi connectivity index (χ4v) is 2.34. The molecule has 1 fully saturated rings. The first kappa shape index (κ1) is 11.9. The number of nitrogens with one attached hydrogen (secondary N) is 1. The molecule has 0 atom stereocenters. The van der Waals surface area contributed by atoms with Gasteiger partial charge in [0.05, 0.1) is 11.6 Å². The van der Waals surface area contributed by atoms with Crippen LogP contribution in [-0.2, 0) is 6.54 Å². The van der Waals surface area contributed by atoms with Crippen LogP contribution < -0.4 is 10.1 Å². The van der Waals surface area contributed by atoms with E-state index in [0.717, 1.165) is 42.9 Å². The lowest BCUT2D eigenvalue weighted by Gasteiger charge is -2.27. The van der Waals surface area contributed by atoms with Gasteiger partial charge in [-0.25, -0.2) is 0 Å². The maximum atomic E-state index is 5.30. The minimum Gasteiger partial charge on any atom is -0.496 e. The largest absolute Gasteiger partial charge is 0.496 e. The number of benzene rings is 1. The predicted molar refractivity (Wildman–Crippen MR) is 68.8 cm³/mol. The van der Waals surface area contributed by atoms with Crippen molar-refractivity contribution in [3.05, 3.63) is 28.2 Å². The van der Waals surface area contributed by atoms with Crippen LogP contribution in [0.5, 0.6) is 5.75 Å². The molecule has 88 valence electrons. The molecule has 0 aromatic heterocycles. The predicted octanol–water partition coefficient (Wildman–Crippen LogP) is 1.86. The summed E-state index contributed by atoms with van der Waals surface area (Å²) in [7, 11) is 1.70. The van der Waals surface area contributed by atoms with E-state index in [2.05, 4.69) is 44.3 Å². The van der Waals surface area contributed by atoms with E-state index < -0.39 is 0 Å². The highest BCUT2D eigenvalue weighted by Gasteiger charge is 2.10. The molecular weight excluding hydrogens is 268 g/mol. The van der Waals surface area contributed by atoms with Gasteiger partial charge in [-0.2, -0.15) is 0 Å². The van der Waals surface area contributed by atoms with Crippen molar-refractivity contribution in [2.24, 2.45) is 0 Å². The zero-order valence-electron chi connectivity index (χ0n) is 9.50. The van der Waals surface area contributed by atoms with Gasteiger partial charge >= 0.3 is 0 Å². The Bertz CT molecular complexity index is 351. The molecule has 2 rings (SSSR count). The fraction of sp³-hybridized carbons (Fsp3) is 0.500. The quantitative estimate of drug-likeness (QED) is 0.917. The van der Waals surface area contributed by atoms with Gasteiger partial charge in [-0.1, -0.05) is 6.07 Å². The molecule has 1 aromatic carbocycles. The first-order valence-electron chi connectivity index (χ1n) is 5.55. The lowest BCUT2D eigenvalue weighted by molar-refractivity contribution is 0.233. The third kappa shape index (κ3) is 2.97. The molecular formula is C12H17BrN2O. The number of hydrogen-bond donors (Lipinski definition) is 1. The van der Waals surface area contributed by atoms with Gasteiger partial charge in [-0.15, -0.1) is 0 Å². The molecule has 16 heavy (non-hydrogen) atoms. The van der Waals surface area contributed by atoms with Gasteiger partial charge in [0, 0.05) is 32.7 Å². The van der Waals surface area contributed by atoms with Crippen LogP contribution >= 0.6 is 15.9 Å². The third-order valence-electron chi connectivity index (χ3n) is 2.83. The molecule has 3 nitrogen and oxygen atoms in total. The lowest BCUT2D eigenvalue weighted by atomic mass is 10.2. The normalized spacial score (nSPS) is 17.4. The van der Waals surface area contributed by atoms with Crippen molar-refractivity contribution in [2.45, 2.75) is 6.54 Å². The number of rotatable bonds is 3. The highest BCUT2D eigenvalue weighted by atomic mass is 79.9. The second-order valence-corrected chi connectivity index (χ2v) is 4.85. The molecule has 1 saturated heterocycles. The Hall–Kier alpha value is -0.580. The van der Waals surface area contributed by atoms with E-state index in [1.54, 1.807) is 7.11 Å². The van der Waals surface area contributed by atoms with Crippen LogP contribution in [0.2, 0.25) is 0 Å². The van der Waals surface area contributed by atoms with Crippen LogP contribution in [0.1, 0.15) is 5.56 Å². The number of ether oxygens (including phenoxy) is 1. The number of methoxy groups -OCH3 is 1. The zero-order valence-corrected chi connectivity index (χ0v) is 11.1. The second kappa shape index (κ2) is 5.66. The van der Waals surface area contributed by atoms with Gasteiger partial charge in [-0.05, 0) is 33.6 Å². The Kier molecular flexibility index (Phi) is 4.21. The van der Waals surface area contributed by atoms with Crippen LogP contribution in [-0.4, -0.2) is 38.2 Å². The summed E-state index contributed by atoms with van der Waals surface area (Å²) in [6.45, 7) is 5.43. The van der Waals surface area contributed by atoms with E-state index in [-0.39, 0.29) is 0 Å².